The fourth-order valence-corrected chi connectivity index (χ4v) is 1.18. The van der Waals surface area contributed by atoms with E-state index in [-0.39, 0.29) is 0 Å². The molecule has 1 aromatic heterocycles. The van der Waals surface area contributed by atoms with Crippen LogP contribution in [0.5, 0.6) is 0 Å². The van der Waals surface area contributed by atoms with Crippen LogP contribution in [0, 0.1) is 0 Å². The summed E-state index contributed by atoms with van der Waals surface area (Å²) >= 11 is 3.92. The number of aryl methyl sites for hydroxylation is 1. The molecule has 1 unspecified atom stereocenters. The van der Waals surface area contributed by atoms with Crippen molar-refractivity contribution in [2.45, 2.75) is 25.0 Å². The minimum Gasteiger partial charge on any atom is -0.480 e. The molecular weight excluding hydrogens is 188 g/mol. The Morgan fingerprint density at radius 1 is 1.62 bits per heavy atom. The molecule has 0 spiro atoms. The largest absolute Gasteiger partial charge is 0.480 e. The summed E-state index contributed by atoms with van der Waals surface area (Å²) in [6.07, 6.45) is 1.16. The summed E-state index contributed by atoms with van der Waals surface area (Å²) < 4.78 is 5.34. The van der Waals surface area contributed by atoms with Gasteiger partial charge in [-0.15, -0.1) is 0 Å². The average molecular weight is 200 g/mol. The lowest BCUT2D eigenvalue weighted by Gasteiger charge is -2.01. The van der Waals surface area contributed by atoms with E-state index in [2.05, 4.69) is 12.6 Å². The van der Waals surface area contributed by atoms with Gasteiger partial charge in [0, 0.05) is 12.8 Å². The van der Waals surface area contributed by atoms with Crippen molar-refractivity contribution >= 4 is 18.6 Å². The van der Waals surface area contributed by atoms with E-state index in [1.807, 2.05) is 13.0 Å². The van der Waals surface area contributed by atoms with Crippen LogP contribution in [0.25, 0.3) is 0 Å². The summed E-state index contributed by atoms with van der Waals surface area (Å²) in [5, 5.41) is 7.90. The maximum atomic E-state index is 10.5. The molecule has 1 heterocycles. The van der Waals surface area contributed by atoms with Crippen LogP contribution in [0.1, 0.15) is 18.4 Å². The number of rotatable bonds is 4. The molecule has 1 atom stereocenters. The fraction of sp³-hybridized carbons (Fsp3) is 0.444. The molecule has 0 saturated heterocycles. The van der Waals surface area contributed by atoms with Crippen LogP contribution in [-0.2, 0) is 17.6 Å². The van der Waals surface area contributed by atoms with Crippen molar-refractivity contribution in [3.63, 3.8) is 0 Å². The van der Waals surface area contributed by atoms with Gasteiger partial charge in [0.15, 0.2) is 0 Å². The van der Waals surface area contributed by atoms with Crippen molar-refractivity contribution in [3.05, 3.63) is 23.7 Å². The van der Waals surface area contributed by atoms with Crippen LogP contribution in [0.2, 0.25) is 0 Å². The van der Waals surface area contributed by atoms with Gasteiger partial charge in [-0.3, -0.25) is 4.79 Å². The Labute approximate surface area is 82.2 Å². The smallest absolute Gasteiger partial charge is 0.316 e. The van der Waals surface area contributed by atoms with Crippen molar-refractivity contribution in [1.29, 1.82) is 0 Å². The summed E-state index contributed by atoms with van der Waals surface area (Å²) in [6.45, 7) is 1.98. The fourth-order valence-electron chi connectivity index (χ4n) is 1.000. The summed E-state index contributed by atoms with van der Waals surface area (Å²) in [5.74, 6) is 0.637. The number of carboxylic acids is 1. The molecule has 1 N–H and O–H groups in total. The van der Waals surface area contributed by atoms with Gasteiger partial charge in [-0.1, -0.05) is 6.92 Å². The molecule has 0 saturated carbocycles. The zero-order valence-corrected chi connectivity index (χ0v) is 8.25. The molecule has 13 heavy (non-hydrogen) atoms. The summed E-state index contributed by atoms with van der Waals surface area (Å²) in [7, 11) is 0. The number of carbonyl (C=O) groups is 1. The molecule has 0 bridgehead atoms. The summed E-state index contributed by atoms with van der Waals surface area (Å²) in [4.78, 5) is 10.5. The SMILES string of the molecule is CCc1ccc(CC(S)C(=O)O)o1. The number of hydrogen-bond acceptors (Lipinski definition) is 3. The standard InChI is InChI=1S/C9H12O3S/c1-2-6-3-4-7(12-6)5-8(13)9(10)11/h3-4,8,13H,2,5H2,1H3,(H,10,11). The highest BCUT2D eigenvalue weighted by molar-refractivity contribution is 7.81. The van der Waals surface area contributed by atoms with Crippen molar-refractivity contribution in [2.24, 2.45) is 0 Å². The molecule has 72 valence electrons. The van der Waals surface area contributed by atoms with Gasteiger partial charge in [-0.2, -0.15) is 12.6 Å². The Bertz CT molecular complexity index is 293. The van der Waals surface area contributed by atoms with Crippen molar-refractivity contribution < 1.29 is 14.3 Å². The maximum absolute atomic E-state index is 10.5. The monoisotopic (exact) mass is 200 g/mol. The first-order valence-corrected chi connectivity index (χ1v) is 4.63. The van der Waals surface area contributed by atoms with Gasteiger partial charge < -0.3 is 9.52 Å². The van der Waals surface area contributed by atoms with E-state index >= 15 is 0 Å². The quantitative estimate of drug-likeness (QED) is 0.728. The zero-order valence-electron chi connectivity index (χ0n) is 7.36. The maximum Gasteiger partial charge on any atom is 0.316 e. The third-order valence-corrected chi connectivity index (χ3v) is 2.15. The Morgan fingerprint density at radius 2 is 2.23 bits per heavy atom. The molecule has 0 aromatic carbocycles. The molecule has 0 aliphatic rings. The van der Waals surface area contributed by atoms with E-state index < -0.39 is 11.2 Å². The van der Waals surface area contributed by atoms with Crippen molar-refractivity contribution in [2.75, 3.05) is 0 Å². The molecule has 1 aromatic rings. The Balaban J connectivity index is 2.58. The van der Waals surface area contributed by atoms with Crippen LogP contribution >= 0.6 is 12.6 Å². The topological polar surface area (TPSA) is 50.4 Å². The lowest BCUT2D eigenvalue weighted by Crippen LogP contribution is -2.15. The molecular formula is C9H12O3S. The van der Waals surface area contributed by atoms with E-state index in [4.69, 9.17) is 9.52 Å². The van der Waals surface area contributed by atoms with Crippen LogP contribution in [0.15, 0.2) is 16.5 Å². The average Bonchev–Trinajstić information content (AvgIpc) is 2.52. The zero-order chi connectivity index (χ0) is 9.84. The highest BCUT2D eigenvalue weighted by Crippen LogP contribution is 2.12. The molecule has 1 rings (SSSR count). The van der Waals surface area contributed by atoms with Gasteiger partial charge in [0.25, 0.3) is 0 Å². The normalized spacial score (nSPS) is 12.8. The van der Waals surface area contributed by atoms with Gasteiger partial charge in [-0.05, 0) is 12.1 Å². The van der Waals surface area contributed by atoms with Gasteiger partial charge >= 0.3 is 5.97 Å². The second kappa shape index (κ2) is 4.37. The van der Waals surface area contributed by atoms with Crippen LogP contribution < -0.4 is 0 Å². The minimum atomic E-state index is -0.919. The number of thiol groups is 1. The molecule has 0 radical (unpaired) electrons. The van der Waals surface area contributed by atoms with Crippen LogP contribution in [0.4, 0.5) is 0 Å². The minimum absolute atomic E-state index is 0.332. The number of carboxylic acid groups (broad SMARTS) is 1. The Hall–Kier alpha value is -0.900. The van der Waals surface area contributed by atoms with E-state index in [9.17, 15) is 4.79 Å². The molecule has 0 amide bonds. The number of furan rings is 1. The van der Waals surface area contributed by atoms with E-state index in [0.717, 1.165) is 12.2 Å². The lowest BCUT2D eigenvalue weighted by molar-refractivity contribution is -0.136. The van der Waals surface area contributed by atoms with Crippen LogP contribution in [-0.4, -0.2) is 16.3 Å². The van der Waals surface area contributed by atoms with Crippen LogP contribution in [0.3, 0.4) is 0 Å². The van der Waals surface area contributed by atoms with Gasteiger partial charge in [0.1, 0.15) is 16.8 Å². The number of hydrogen-bond donors (Lipinski definition) is 2. The molecule has 0 fully saturated rings. The molecule has 0 aliphatic heterocycles. The Morgan fingerprint density at radius 3 is 2.69 bits per heavy atom. The van der Waals surface area contributed by atoms with Crippen molar-refractivity contribution in [3.8, 4) is 0 Å². The van der Waals surface area contributed by atoms with Crippen molar-refractivity contribution in [1.82, 2.24) is 0 Å². The molecule has 0 aliphatic carbocycles. The highest BCUT2D eigenvalue weighted by Gasteiger charge is 2.14. The summed E-state index contributed by atoms with van der Waals surface area (Å²) in [6, 6.07) is 3.66. The number of aliphatic carboxylic acids is 1. The summed E-state index contributed by atoms with van der Waals surface area (Å²) in [5.41, 5.74) is 0. The first-order chi connectivity index (χ1) is 6.13. The lowest BCUT2D eigenvalue weighted by atomic mass is 10.2. The third kappa shape index (κ3) is 2.81. The van der Waals surface area contributed by atoms with Gasteiger partial charge in [0.2, 0.25) is 0 Å². The predicted molar refractivity (Wildman–Crippen MR) is 52.2 cm³/mol. The van der Waals surface area contributed by atoms with E-state index in [1.54, 1.807) is 6.07 Å². The van der Waals surface area contributed by atoms with Gasteiger partial charge in [0.05, 0.1) is 0 Å². The second-order valence-corrected chi connectivity index (χ2v) is 3.40. The first-order valence-electron chi connectivity index (χ1n) is 4.12. The first kappa shape index (κ1) is 10.2. The Kier molecular flexibility index (Phi) is 3.42. The molecule has 3 nitrogen and oxygen atoms in total. The highest BCUT2D eigenvalue weighted by atomic mass is 32.1. The second-order valence-electron chi connectivity index (χ2n) is 2.78. The van der Waals surface area contributed by atoms with E-state index in [0.29, 0.717) is 12.2 Å². The van der Waals surface area contributed by atoms with E-state index in [1.165, 1.54) is 0 Å². The molecule has 4 heteroatoms. The van der Waals surface area contributed by atoms with Gasteiger partial charge in [-0.25, -0.2) is 0 Å². The predicted octanol–water partition coefficient (Wildman–Crippen LogP) is 1.77. The third-order valence-electron chi connectivity index (χ3n) is 1.75.